The third-order valence-corrected chi connectivity index (χ3v) is 5.05. The number of benzene rings is 1. The number of aliphatic imine (C=N–C) groups is 1. The fourth-order valence-corrected chi connectivity index (χ4v) is 3.70. The topological polar surface area (TPSA) is 70.3 Å². The van der Waals surface area contributed by atoms with Crippen LogP contribution < -0.4 is 0 Å². The molecule has 4 nitrogen and oxygen atoms in total. The van der Waals surface area contributed by atoms with E-state index in [9.17, 15) is 21.6 Å². The molecule has 2 rings (SSSR count). The van der Waals surface area contributed by atoms with E-state index in [4.69, 9.17) is 5.26 Å². The molecule has 0 aliphatic carbocycles. The van der Waals surface area contributed by atoms with E-state index in [1.165, 1.54) is 0 Å². The molecule has 0 bridgehead atoms. The summed E-state index contributed by atoms with van der Waals surface area (Å²) in [5.74, 6) is 0. The van der Waals surface area contributed by atoms with Crippen LogP contribution in [0.5, 0.6) is 0 Å². The molecule has 0 saturated carbocycles. The van der Waals surface area contributed by atoms with Crippen LogP contribution >= 0.6 is 0 Å². The van der Waals surface area contributed by atoms with E-state index in [0.29, 0.717) is 18.6 Å². The van der Waals surface area contributed by atoms with Gasteiger partial charge in [-0.25, -0.2) is 8.42 Å². The Morgan fingerprint density at radius 3 is 2.57 bits per heavy atom. The second-order valence-electron chi connectivity index (χ2n) is 4.59. The van der Waals surface area contributed by atoms with Crippen molar-refractivity contribution in [3.8, 4) is 6.07 Å². The molecule has 1 heterocycles. The Labute approximate surface area is 119 Å². The summed E-state index contributed by atoms with van der Waals surface area (Å²) >= 11 is 0. The molecule has 0 radical (unpaired) electrons. The molecule has 1 aromatic carbocycles. The molecule has 8 heteroatoms. The molecule has 1 aliphatic rings. The van der Waals surface area contributed by atoms with Crippen LogP contribution in [0.4, 0.5) is 18.9 Å². The number of rotatable bonds is 2. The van der Waals surface area contributed by atoms with Crippen LogP contribution in [0.3, 0.4) is 0 Å². The second kappa shape index (κ2) is 5.15. The Hall–Kier alpha value is -1.88. The van der Waals surface area contributed by atoms with Crippen molar-refractivity contribution in [2.24, 2.45) is 4.99 Å². The van der Waals surface area contributed by atoms with E-state index in [-0.39, 0.29) is 22.7 Å². The maximum absolute atomic E-state index is 12.7. The van der Waals surface area contributed by atoms with Gasteiger partial charge in [-0.2, -0.15) is 18.4 Å². The molecule has 0 N–H and O–H groups in total. The molecule has 21 heavy (non-hydrogen) atoms. The van der Waals surface area contributed by atoms with Gasteiger partial charge in [-0.3, -0.25) is 4.99 Å². The summed E-state index contributed by atoms with van der Waals surface area (Å²) in [6.45, 7) is 1.77. The van der Waals surface area contributed by atoms with Crippen molar-refractivity contribution >= 4 is 21.2 Å². The number of nitrogens with zero attached hydrogens (tertiary/aromatic N) is 2. The summed E-state index contributed by atoms with van der Waals surface area (Å²) in [6, 6.07) is 3.93. The average molecular weight is 316 g/mol. The minimum atomic E-state index is -4.58. The summed E-state index contributed by atoms with van der Waals surface area (Å²) < 4.78 is 62.7. The number of fused-ring (bicyclic) bond motifs is 1. The first-order chi connectivity index (χ1) is 9.71. The first-order valence-corrected chi connectivity index (χ1v) is 7.68. The Balaban J connectivity index is 2.68. The molecule has 112 valence electrons. The highest BCUT2D eigenvalue weighted by molar-refractivity contribution is 7.93. The number of alkyl halides is 3. The third-order valence-electron chi connectivity index (χ3n) is 3.09. The van der Waals surface area contributed by atoms with Crippen LogP contribution in [0.15, 0.2) is 28.1 Å². The predicted octanol–water partition coefficient (Wildman–Crippen LogP) is 3.26. The molecule has 0 saturated heterocycles. The average Bonchev–Trinajstić information content (AvgIpc) is 2.37. The van der Waals surface area contributed by atoms with Gasteiger partial charge in [0.15, 0.2) is 5.25 Å². The molecule has 0 amide bonds. The quantitative estimate of drug-likeness (QED) is 0.841. The molecule has 1 atom stereocenters. The molecule has 1 unspecified atom stereocenters. The summed E-state index contributed by atoms with van der Waals surface area (Å²) in [6.07, 6.45) is -3.79. The minimum Gasteiger partial charge on any atom is -0.254 e. The van der Waals surface area contributed by atoms with Gasteiger partial charge in [0.2, 0.25) is 9.84 Å². The van der Waals surface area contributed by atoms with Crippen molar-refractivity contribution in [3.05, 3.63) is 23.8 Å². The van der Waals surface area contributed by atoms with E-state index >= 15 is 0 Å². The first-order valence-electron chi connectivity index (χ1n) is 6.14. The second-order valence-corrected chi connectivity index (χ2v) is 6.59. The van der Waals surface area contributed by atoms with Gasteiger partial charge in [0.1, 0.15) is 0 Å². The van der Waals surface area contributed by atoms with Crippen molar-refractivity contribution in [2.45, 2.75) is 36.1 Å². The number of sulfone groups is 1. The van der Waals surface area contributed by atoms with Crippen molar-refractivity contribution < 1.29 is 21.6 Å². The fourth-order valence-electron chi connectivity index (χ4n) is 2.13. The van der Waals surface area contributed by atoms with Gasteiger partial charge in [0, 0.05) is 0 Å². The number of hydrogen-bond acceptors (Lipinski definition) is 4. The maximum atomic E-state index is 12.7. The van der Waals surface area contributed by atoms with E-state index < -0.39 is 26.8 Å². The van der Waals surface area contributed by atoms with Gasteiger partial charge >= 0.3 is 6.18 Å². The first kappa shape index (κ1) is 15.5. The Kier molecular flexibility index (Phi) is 3.80. The van der Waals surface area contributed by atoms with Gasteiger partial charge in [0.05, 0.1) is 27.9 Å². The standard InChI is InChI=1S/C13H11F3N2O2S/c1-2-3-9-12(7-17)21(19,20)11-5-4-8(13(14,15)16)6-10(11)18-9/h4-6,12H,2-3H2,1H3. The van der Waals surface area contributed by atoms with Gasteiger partial charge in [0.25, 0.3) is 0 Å². The zero-order chi connectivity index (χ0) is 15.8. The Morgan fingerprint density at radius 2 is 2.05 bits per heavy atom. The lowest BCUT2D eigenvalue weighted by molar-refractivity contribution is -0.137. The van der Waals surface area contributed by atoms with Crippen molar-refractivity contribution in [1.29, 1.82) is 5.26 Å². The lowest BCUT2D eigenvalue weighted by Gasteiger charge is -2.21. The van der Waals surface area contributed by atoms with Crippen LogP contribution in [0.1, 0.15) is 25.3 Å². The maximum Gasteiger partial charge on any atom is 0.416 e. The molecule has 0 spiro atoms. The van der Waals surface area contributed by atoms with Crippen LogP contribution in [-0.4, -0.2) is 19.4 Å². The number of nitriles is 1. The van der Waals surface area contributed by atoms with Crippen LogP contribution in [0.25, 0.3) is 0 Å². The van der Waals surface area contributed by atoms with Crippen molar-refractivity contribution in [1.82, 2.24) is 0 Å². The van der Waals surface area contributed by atoms with E-state index in [1.54, 1.807) is 13.0 Å². The molecule has 1 aliphatic heterocycles. The van der Waals surface area contributed by atoms with E-state index in [1.807, 2.05) is 0 Å². The van der Waals surface area contributed by atoms with E-state index in [2.05, 4.69) is 4.99 Å². The summed E-state index contributed by atoms with van der Waals surface area (Å²) in [5, 5.41) is 7.61. The van der Waals surface area contributed by atoms with Crippen LogP contribution in [0.2, 0.25) is 0 Å². The summed E-state index contributed by atoms with van der Waals surface area (Å²) in [7, 11) is -4.03. The molecule has 0 aromatic heterocycles. The summed E-state index contributed by atoms with van der Waals surface area (Å²) in [4.78, 5) is 3.64. The Morgan fingerprint density at radius 1 is 1.38 bits per heavy atom. The lowest BCUT2D eigenvalue weighted by Crippen LogP contribution is -2.31. The normalized spacial score (nSPS) is 20.3. The minimum absolute atomic E-state index is 0.0897. The highest BCUT2D eigenvalue weighted by atomic mass is 32.2. The zero-order valence-corrected chi connectivity index (χ0v) is 11.8. The monoisotopic (exact) mass is 316 g/mol. The highest BCUT2D eigenvalue weighted by Gasteiger charge is 2.39. The number of halogens is 3. The Bertz CT molecular complexity index is 746. The number of hydrogen-bond donors (Lipinski definition) is 0. The predicted molar refractivity (Wildman–Crippen MR) is 70.0 cm³/mol. The molecular formula is C13H11F3N2O2S. The molecule has 1 aromatic rings. The van der Waals surface area contributed by atoms with Gasteiger partial charge in [-0.1, -0.05) is 13.3 Å². The fraction of sp³-hybridized carbons (Fsp3) is 0.385. The van der Waals surface area contributed by atoms with Crippen LogP contribution in [0, 0.1) is 11.3 Å². The van der Waals surface area contributed by atoms with Crippen molar-refractivity contribution in [3.63, 3.8) is 0 Å². The third kappa shape index (κ3) is 2.65. The van der Waals surface area contributed by atoms with Gasteiger partial charge in [-0.15, -0.1) is 0 Å². The van der Waals surface area contributed by atoms with Crippen molar-refractivity contribution in [2.75, 3.05) is 0 Å². The van der Waals surface area contributed by atoms with Gasteiger partial charge in [-0.05, 0) is 24.6 Å². The molecule has 0 fully saturated rings. The smallest absolute Gasteiger partial charge is 0.254 e. The zero-order valence-electron chi connectivity index (χ0n) is 11.0. The molecular weight excluding hydrogens is 305 g/mol. The highest BCUT2D eigenvalue weighted by Crippen LogP contribution is 2.38. The van der Waals surface area contributed by atoms with E-state index in [0.717, 1.165) is 6.07 Å². The largest absolute Gasteiger partial charge is 0.416 e. The van der Waals surface area contributed by atoms with Crippen LogP contribution in [-0.2, 0) is 16.0 Å². The summed E-state index contributed by atoms with van der Waals surface area (Å²) in [5.41, 5.74) is -1.13. The lowest BCUT2D eigenvalue weighted by atomic mass is 10.1. The van der Waals surface area contributed by atoms with Gasteiger partial charge < -0.3 is 0 Å². The SMILES string of the molecule is CCCC1=Nc2cc(C(F)(F)F)ccc2S(=O)(=O)C1C#N.